The Morgan fingerprint density at radius 2 is 1.68 bits per heavy atom. The summed E-state index contributed by atoms with van der Waals surface area (Å²) >= 11 is 0. The van der Waals surface area contributed by atoms with E-state index >= 15 is 0 Å². The number of aryl methyl sites for hydroxylation is 2. The van der Waals surface area contributed by atoms with Crippen molar-refractivity contribution in [3.63, 3.8) is 0 Å². The first-order chi connectivity index (χ1) is 12.4. The number of nitrogens with one attached hydrogen (secondary N) is 1. The number of hydrogen-bond acceptors (Lipinski definition) is 2. The summed E-state index contributed by atoms with van der Waals surface area (Å²) in [5.74, 6) is 0. The van der Waals surface area contributed by atoms with Crippen LogP contribution in [0.15, 0.2) is 66.9 Å². The minimum Gasteiger partial charge on any atom is -0.285 e. The van der Waals surface area contributed by atoms with Crippen LogP contribution in [0.5, 0.6) is 0 Å². The summed E-state index contributed by atoms with van der Waals surface area (Å²) in [5, 5.41) is 7.47. The van der Waals surface area contributed by atoms with Crippen LogP contribution in [0.3, 0.4) is 0 Å². The number of H-pyrrole nitrogens is 1. The summed E-state index contributed by atoms with van der Waals surface area (Å²) in [4.78, 5) is 5.07. The second kappa shape index (κ2) is 5.71. The first kappa shape index (κ1) is 14.2. The van der Waals surface area contributed by atoms with Crippen LogP contribution in [0, 0.1) is 6.07 Å². The van der Waals surface area contributed by atoms with E-state index in [2.05, 4.69) is 58.7 Å². The molecule has 0 bridgehead atoms. The topological polar surface area (TPSA) is 41.6 Å². The van der Waals surface area contributed by atoms with Gasteiger partial charge in [0.25, 0.3) is 0 Å². The van der Waals surface area contributed by atoms with Gasteiger partial charge in [-0.1, -0.05) is 54.6 Å². The highest BCUT2D eigenvalue weighted by Gasteiger charge is 2.22. The first-order valence-electron chi connectivity index (χ1n) is 8.49. The molecule has 1 aliphatic rings. The maximum Gasteiger partial charge on any atom is 0.0971 e. The second-order valence-corrected chi connectivity index (χ2v) is 6.29. The zero-order valence-electron chi connectivity index (χ0n) is 13.7. The van der Waals surface area contributed by atoms with Crippen LogP contribution in [0.1, 0.15) is 11.3 Å². The van der Waals surface area contributed by atoms with Crippen LogP contribution in [0.4, 0.5) is 0 Å². The van der Waals surface area contributed by atoms with E-state index in [4.69, 9.17) is 4.98 Å². The van der Waals surface area contributed by atoms with Crippen LogP contribution >= 0.6 is 0 Å². The highest BCUT2D eigenvalue weighted by atomic mass is 15.1. The van der Waals surface area contributed by atoms with Crippen molar-refractivity contribution in [1.29, 1.82) is 0 Å². The zero-order chi connectivity index (χ0) is 16.6. The number of aromatic amines is 1. The van der Waals surface area contributed by atoms with Gasteiger partial charge in [0.2, 0.25) is 0 Å². The number of benzene rings is 2. The van der Waals surface area contributed by atoms with Crippen molar-refractivity contribution >= 4 is 0 Å². The Kier molecular flexibility index (Phi) is 3.23. The summed E-state index contributed by atoms with van der Waals surface area (Å²) in [6.07, 6.45) is 3.93. The Morgan fingerprint density at radius 1 is 0.840 bits per heavy atom. The molecule has 0 saturated heterocycles. The molecular formula is C22H16N3. The molecular weight excluding hydrogens is 306 g/mol. The quantitative estimate of drug-likeness (QED) is 0.581. The van der Waals surface area contributed by atoms with E-state index in [1.165, 1.54) is 11.1 Å². The van der Waals surface area contributed by atoms with Crippen molar-refractivity contribution in [1.82, 2.24) is 15.2 Å². The maximum absolute atomic E-state index is 5.07. The van der Waals surface area contributed by atoms with E-state index in [9.17, 15) is 0 Å². The molecule has 1 aliphatic carbocycles. The fourth-order valence-electron chi connectivity index (χ4n) is 3.54. The van der Waals surface area contributed by atoms with Gasteiger partial charge in [0.15, 0.2) is 0 Å². The fraction of sp³-hybridized carbons (Fsp3) is 0.0909. The summed E-state index contributed by atoms with van der Waals surface area (Å²) in [7, 11) is 0. The molecule has 4 aromatic rings. The molecule has 2 aromatic heterocycles. The Hall–Kier alpha value is -3.20. The zero-order valence-corrected chi connectivity index (χ0v) is 13.7. The molecule has 119 valence electrons. The molecule has 2 heterocycles. The second-order valence-electron chi connectivity index (χ2n) is 6.29. The molecule has 0 saturated carbocycles. The monoisotopic (exact) mass is 322 g/mol. The maximum atomic E-state index is 5.07. The average Bonchev–Trinajstić information content (AvgIpc) is 3.17. The molecule has 3 heteroatoms. The summed E-state index contributed by atoms with van der Waals surface area (Å²) in [6, 6.07) is 23.8. The lowest BCUT2D eigenvalue weighted by molar-refractivity contribution is 0.898. The molecule has 5 rings (SSSR count). The third-order valence-corrected chi connectivity index (χ3v) is 4.78. The largest absolute Gasteiger partial charge is 0.285 e. The number of rotatable bonds is 2. The SMILES string of the molecule is [c]1ccc(-c2nc3c(cc2-c2ccccc2)-c2n[nH]cc2CC3)cc1. The van der Waals surface area contributed by atoms with Crippen molar-refractivity contribution in [2.75, 3.05) is 0 Å². The lowest BCUT2D eigenvalue weighted by Gasteiger charge is -2.19. The third kappa shape index (κ3) is 2.36. The summed E-state index contributed by atoms with van der Waals surface area (Å²) in [6.45, 7) is 0. The van der Waals surface area contributed by atoms with Gasteiger partial charge >= 0.3 is 0 Å². The van der Waals surface area contributed by atoms with Crippen molar-refractivity contribution in [3.8, 4) is 33.6 Å². The number of fused-ring (bicyclic) bond motifs is 3. The number of aromatic nitrogens is 3. The highest BCUT2D eigenvalue weighted by molar-refractivity contribution is 5.85. The molecule has 25 heavy (non-hydrogen) atoms. The number of pyridine rings is 1. The Bertz CT molecular complexity index is 1030. The molecule has 0 atom stereocenters. The Labute approximate surface area is 146 Å². The normalized spacial score (nSPS) is 12.5. The van der Waals surface area contributed by atoms with Gasteiger partial charge in [-0.3, -0.25) is 10.1 Å². The van der Waals surface area contributed by atoms with Crippen LogP contribution in [0.25, 0.3) is 33.6 Å². The van der Waals surface area contributed by atoms with E-state index in [-0.39, 0.29) is 0 Å². The molecule has 0 amide bonds. The van der Waals surface area contributed by atoms with Crippen molar-refractivity contribution < 1.29 is 0 Å². The average molecular weight is 322 g/mol. The number of nitrogens with zero attached hydrogens (tertiary/aromatic N) is 2. The van der Waals surface area contributed by atoms with Crippen molar-refractivity contribution in [3.05, 3.63) is 84.2 Å². The van der Waals surface area contributed by atoms with Crippen LogP contribution in [-0.4, -0.2) is 15.2 Å². The lowest BCUT2D eigenvalue weighted by Crippen LogP contribution is -2.07. The van der Waals surface area contributed by atoms with Gasteiger partial charge in [-0.2, -0.15) is 5.10 Å². The van der Waals surface area contributed by atoms with Crippen LogP contribution in [0.2, 0.25) is 0 Å². The van der Waals surface area contributed by atoms with E-state index in [0.29, 0.717) is 0 Å². The molecule has 0 spiro atoms. The van der Waals surface area contributed by atoms with E-state index in [0.717, 1.165) is 46.6 Å². The van der Waals surface area contributed by atoms with Gasteiger partial charge in [0.1, 0.15) is 0 Å². The lowest BCUT2D eigenvalue weighted by atomic mass is 9.90. The van der Waals surface area contributed by atoms with E-state index < -0.39 is 0 Å². The molecule has 0 unspecified atom stereocenters. The van der Waals surface area contributed by atoms with Crippen molar-refractivity contribution in [2.24, 2.45) is 0 Å². The highest BCUT2D eigenvalue weighted by Crippen LogP contribution is 2.38. The molecule has 1 N–H and O–H groups in total. The molecule has 0 fully saturated rings. The van der Waals surface area contributed by atoms with Crippen LogP contribution < -0.4 is 0 Å². The van der Waals surface area contributed by atoms with Gasteiger partial charge in [-0.15, -0.1) is 0 Å². The Balaban J connectivity index is 1.80. The predicted octanol–water partition coefficient (Wildman–Crippen LogP) is 4.70. The molecule has 3 nitrogen and oxygen atoms in total. The minimum atomic E-state index is 0.947. The first-order valence-corrected chi connectivity index (χ1v) is 8.49. The standard InChI is InChI=1S/C22H16N3/c1-3-7-15(8-4-1)18-13-19-20(12-11-17-14-23-25-22(17)19)24-21(18)16-9-5-2-6-10-16/h1,3-10,13-14H,11-12H2,(H,23,25). The van der Waals surface area contributed by atoms with Gasteiger partial charge in [0.05, 0.1) is 17.1 Å². The van der Waals surface area contributed by atoms with Gasteiger partial charge in [0, 0.05) is 22.9 Å². The Morgan fingerprint density at radius 3 is 2.52 bits per heavy atom. The fourth-order valence-corrected chi connectivity index (χ4v) is 3.54. The van der Waals surface area contributed by atoms with Gasteiger partial charge in [-0.05, 0) is 36.1 Å². The summed E-state index contributed by atoms with van der Waals surface area (Å²) in [5.41, 5.74) is 9.04. The predicted molar refractivity (Wildman–Crippen MR) is 98.9 cm³/mol. The smallest absolute Gasteiger partial charge is 0.0971 e. The molecule has 0 aliphatic heterocycles. The van der Waals surface area contributed by atoms with Crippen LogP contribution in [-0.2, 0) is 12.8 Å². The van der Waals surface area contributed by atoms with Crippen molar-refractivity contribution in [2.45, 2.75) is 12.8 Å². The van der Waals surface area contributed by atoms with Gasteiger partial charge < -0.3 is 0 Å². The summed E-state index contributed by atoms with van der Waals surface area (Å²) < 4.78 is 0. The van der Waals surface area contributed by atoms with Gasteiger partial charge in [-0.25, -0.2) is 0 Å². The van der Waals surface area contributed by atoms with E-state index in [1.807, 2.05) is 24.4 Å². The minimum absolute atomic E-state index is 0.947. The number of hydrogen-bond donors (Lipinski definition) is 1. The molecule has 2 aromatic carbocycles. The third-order valence-electron chi connectivity index (χ3n) is 4.78. The molecule has 1 radical (unpaired) electrons. The van der Waals surface area contributed by atoms with E-state index in [1.54, 1.807) is 0 Å².